The number of carbonyl (C=O) groups excluding carboxylic acids is 1. The van der Waals surface area contributed by atoms with Gasteiger partial charge in [-0.3, -0.25) is 23.8 Å². The predicted octanol–water partition coefficient (Wildman–Crippen LogP) is 2.85. The van der Waals surface area contributed by atoms with Crippen LogP contribution in [0.3, 0.4) is 0 Å². The van der Waals surface area contributed by atoms with E-state index in [9.17, 15) is 14.4 Å². The fourth-order valence-corrected chi connectivity index (χ4v) is 4.39. The summed E-state index contributed by atoms with van der Waals surface area (Å²) in [6, 6.07) is 12.4. The van der Waals surface area contributed by atoms with E-state index in [0.717, 1.165) is 31.4 Å². The van der Waals surface area contributed by atoms with E-state index in [-0.39, 0.29) is 17.5 Å². The maximum atomic E-state index is 12.7. The molecule has 2 aromatic heterocycles. The highest BCUT2D eigenvalue weighted by atomic mass is 35.5. The van der Waals surface area contributed by atoms with Crippen molar-refractivity contribution in [2.45, 2.75) is 18.9 Å². The molecule has 4 aromatic rings. The fraction of sp³-hybridized carbons (Fsp3) is 0.273. The van der Waals surface area contributed by atoms with E-state index < -0.39 is 5.76 Å². The lowest BCUT2D eigenvalue weighted by atomic mass is 10.0. The molecule has 0 atom stereocenters. The van der Waals surface area contributed by atoms with Crippen LogP contribution in [0.1, 0.15) is 29.2 Å². The summed E-state index contributed by atoms with van der Waals surface area (Å²) in [6.45, 7) is 1.79. The van der Waals surface area contributed by atoms with Crippen molar-refractivity contribution in [1.29, 1.82) is 0 Å². The lowest BCUT2D eigenvalue weighted by Crippen LogP contribution is -2.39. The lowest BCUT2D eigenvalue weighted by molar-refractivity contribution is 0.0898. The second-order valence-electron chi connectivity index (χ2n) is 7.91. The number of halogens is 1. The second-order valence-corrected chi connectivity index (χ2v) is 8.35. The highest BCUT2D eigenvalue weighted by Crippen LogP contribution is 2.27. The van der Waals surface area contributed by atoms with Gasteiger partial charge in [-0.1, -0.05) is 16.8 Å². The van der Waals surface area contributed by atoms with Gasteiger partial charge in [-0.05, 0) is 55.3 Å². The molecule has 1 saturated heterocycles. The molecule has 0 saturated carbocycles. The predicted molar refractivity (Wildman–Crippen MR) is 119 cm³/mol. The Morgan fingerprint density at radius 3 is 2.53 bits per heavy atom. The molecule has 10 heteroatoms. The number of H-pyrrole nitrogens is 2. The molecule has 0 aliphatic carbocycles. The van der Waals surface area contributed by atoms with Crippen molar-refractivity contribution in [3.05, 3.63) is 74.1 Å². The number of Topliss-reactive ketones (excluding diaryl/α,β-unsaturated/α-hetero) is 1. The Balaban J connectivity index is 1.30. The average Bonchev–Trinajstić information content (AvgIpc) is 3.36. The molecule has 1 aliphatic heterocycles. The zero-order valence-electron chi connectivity index (χ0n) is 17.0. The zero-order chi connectivity index (χ0) is 22.2. The van der Waals surface area contributed by atoms with E-state index in [1.54, 1.807) is 41.0 Å². The third-order valence-electron chi connectivity index (χ3n) is 5.89. The monoisotopic (exact) mass is 453 g/mol. The van der Waals surface area contributed by atoms with Crippen LogP contribution in [0.15, 0.2) is 56.6 Å². The molecule has 0 radical (unpaired) electrons. The summed E-state index contributed by atoms with van der Waals surface area (Å²) >= 11 is 5.89. The Hall–Kier alpha value is -3.43. The van der Waals surface area contributed by atoms with Crippen molar-refractivity contribution in [3.8, 4) is 11.4 Å². The number of hydrogen-bond acceptors (Lipinski definition) is 6. The van der Waals surface area contributed by atoms with Crippen molar-refractivity contribution in [2.24, 2.45) is 0 Å². The van der Waals surface area contributed by atoms with Crippen LogP contribution in [-0.2, 0) is 0 Å². The molecule has 32 heavy (non-hydrogen) atoms. The number of carbonyl (C=O) groups is 1. The number of hydrogen-bond donors (Lipinski definition) is 2. The smallest absolute Gasteiger partial charge is 0.306 e. The summed E-state index contributed by atoms with van der Waals surface area (Å²) in [5, 5.41) is 4.29. The van der Waals surface area contributed by atoms with Gasteiger partial charge in [0.1, 0.15) is 0 Å². The molecule has 2 N–H and O–H groups in total. The van der Waals surface area contributed by atoms with E-state index in [0.29, 0.717) is 34.0 Å². The van der Waals surface area contributed by atoms with Gasteiger partial charge in [0.25, 0.3) is 0 Å². The summed E-state index contributed by atoms with van der Waals surface area (Å²) in [7, 11) is 0. The van der Waals surface area contributed by atoms with Crippen LogP contribution in [0, 0.1) is 0 Å². The first-order chi connectivity index (χ1) is 15.5. The lowest BCUT2D eigenvalue weighted by Gasteiger charge is -2.32. The third-order valence-corrected chi connectivity index (χ3v) is 6.14. The molecule has 9 nitrogen and oxygen atoms in total. The minimum absolute atomic E-state index is 0.0378. The Bertz CT molecular complexity index is 1390. The van der Waals surface area contributed by atoms with E-state index in [4.69, 9.17) is 11.6 Å². The number of imidazole rings is 1. The number of ketones is 1. The van der Waals surface area contributed by atoms with Crippen LogP contribution in [-0.4, -0.2) is 50.0 Å². The van der Waals surface area contributed by atoms with Gasteiger partial charge < -0.3 is 4.98 Å². The molecule has 164 valence electrons. The van der Waals surface area contributed by atoms with Crippen LogP contribution >= 0.6 is 11.6 Å². The first-order valence-electron chi connectivity index (χ1n) is 10.3. The van der Waals surface area contributed by atoms with Crippen molar-refractivity contribution >= 4 is 28.4 Å². The Morgan fingerprint density at radius 1 is 1.09 bits per heavy atom. The summed E-state index contributed by atoms with van der Waals surface area (Å²) in [5.74, 6) is -0.264. The molecule has 0 amide bonds. The topological polar surface area (TPSA) is 117 Å². The first kappa shape index (κ1) is 20.5. The number of aromatic amines is 2. The number of aromatic nitrogens is 4. The van der Waals surface area contributed by atoms with Gasteiger partial charge >= 0.3 is 11.4 Å². The number of nitrogens with zero attached hydrogens (tertiary/aromatic N) is 3. The number of rotatable bonds is 5. The minimum atomic E-state index is -0.632. The van der Waals surface area contributed by atoms with E-state index >= 15 is 0 Å². The fourth-order valence-electron chi connectivity index (χ4n) is 4.26. The highest BCUT2D eigenvalue weighted by Gasteiger charge is 2.25. The van der Waals surface area contributed by atoms with Crippen molar-refractivity contribution < 1.29 is 9.32 Å². The third kappa shape index (κ3) is 3.92. The Morgan fingerprint density at radius 2 is 1.84 bits per heavy atom. The van der Waals surface area contributed by atoms with Crippen LogP contribution < -0.4 is 11.4 Å². The van der Waals surface area contributed by atoms with Gasteiger partial charge in [0, 0.05) is 35.3 Å². The Labute approximate surface area is 186 Å². The molecular formula is C22H20ClN5O4. The second kappa shape index (κ2) is 8.25. The number of likely N-dealkylation sites (tertiary alicyclic amines) is 1. The van der Waals surface area contributed by atoms with Crippen LogP contribution in [0.2, 0.25) is 5.02 Å². The number of fused-ring (bicyclic) bond motifs is 1. The molecule has 5 rings (SSSR count). The summed E-state index contributed by atoms with van der Waals surface area (Å²) in [4.78, 5) is 43.9. The van der Waals surface area contributed by atoms with Crippen LogP contribution in [0.4, 0.5) is 0 Å². The van der Waals surface area contributed by atoms with Crippen molar-refractivity contribution in [1.82, 2.24) is 24.6 Å². The van der Waals surface area contributed by atoms with Crippen molar-refractivity contribution in [3.63, 3.8) is 0 Å². The van der Waals surface area contributed by atoms with E-state index in [2.05, 4.69) is 24.5 Å². The van der Waals surface area contributed by atoms with Gasteiger partial charge in [0.2, 0.25) is 0 Å². The molecule has 0 bridgehead atoms. The molecule has 1 fully saturated rings. The first-order valence-corrected chi connectivity index (χ1v) is 10.7. The van der Waals surface area contributed by atoms with Gasteiger partial charge in [0.15, 0.2) is 11.6 Å². The van der Waals surface area contributed by atoms with Gasteiger partial charge in [-0.25, -0.2) is 9.59 Å². The highest BCUT2D eigenvalue weighted by molar-refractivity contribution is 6.30. The molecule has 0 unspecified atom stereocenters. The molecule has 3 heterocycles. The van der Waals surface area contributed by atoms with Crippen LogP contribution in [0.25, 0.3) is 22.4 Å². The maximum Gasteiger partial charge on any atom is 0.439 e. The average molecular weight is 454 g/mol. The van der Waals surface area contributed by atoms with Crippen molar-refractivity contribution in [2.75, 3.05) is 19.6 Å². The Kier molecular flexibility index (Phi) is 5.28. The molecule has 1 aliphatic rings. The molecule has 0 spiro atoms. The SMILES string of the molecule is O=C(CN1CCC(n2c(=O)[nH]c3cc(-c4noc(=O)[nH]4)ccc32)CC1)c1ccc(Cl)cc1. The van der Waals surface area contributed by atoms with Gasteiger partial charge in [-0.15, -0.1) is 0 Å². The molecular weight excluding hydrogens is 434 g/mol. The number of nitrogens with one attached hydrogen (secondary N) is 2. The quantitative estimate of drug-likeness (QED) is 0.449. The summed E-state index contributed by atoms with van der Waals surface area (Å²) in [5.41, 5.74) is 2.57. The summed E-state index contributed by atoms with van der Waals surface area (Å²) < 4.78 is 6.33. The normalized spacial score (nSPS) is 15.4. The maximum absolute atomic E-state index is 12.7. The van der Waals surface area contributed by atoms with Gasteiger partial charge in [-0.2, -0.15) is 0 Å². The molecule has 2 aromatic carbocycles. The number of benzene rings is 2. The minimum Gasteiger partial charge on any atom is -0.306 e. The summed E-state index contributed by atoms with van der Waals surface area (Å²) in [6.07, 6.45) is 1.53. The standard InChI is InChI=1S/C22H20ClN5O4/c23-15-4-1-13(2-5-15)19(29)12-27-9-7-16(8-10-27)28-18-6-3-14(11-17(18)24-21(28)30)20-25-22(31)32-26-20/h1-6,11,16H,7-10,12H2,(H,24,30)(H,25,26,31). The van der Waals surface area contributed by atoms with Crippen LogP contribution in [0.5, 0.6) is 0 Å². The largest absolute Gasteiger partial charge is 0.439 e. The van der Waals surface area contributed by atoms with E-state index in [1.165, 1.54) is 0 Å². The number of piperidine rings is 1. The zero-order valence-corrected chi connectivity index (χ0v) is 17.8. The van der Waals surface area contributed by atoms with Gasteiger partial charge in [0.05, 0.1) is 17.6 Å². The van der Waals surface area contributed by atoms with E-state index in [1.807, 2.05) is 6.07 Å².